The maximum absolute atomic E-state index is 13.8. The first-order valence-electron chi connectivity index (χ1n) is 9.78. The van der Waals surface area contributed by atoms with E-state index in [1.54, 1.807) is 29.2 Å². The standard InChI is InChI=1S/C21H21F3N4O2/c1-30-15-8-6-7-14(11-15)17-12-18(21(22,23)24)28-19(26-17)16(13-25-28)20(29)27-9-4-2-3-5-10-27/h6-8,11-13H,2-5,9-10H2,1H3. The van der Waals surface area contributed by atoms with Gasteiger partial charge in [-0.15, -0.1) is 0 Å². The molecule has 158 valence electrons. The molecule has 0 unspecified atom stereocenters. The lowest BCUT2D eigenvalue weighted by atomic mass is 10.1. The Bertz CT molecular complexity index is 1070. The van der Waals surface area contributed by atoms with Gasteiger partial charge in [0.2, 0.25) is 0 Å². The van der Waals surface area contributed by atoms with Crippen LogP contribution in [0.2, 0.25) is 0 Å². The van der Waals surface area contributed by atoms with Gasteiger partial charge < -0.3 is 9.64 Å². The van der Waals surface area contributed by atoms with Crippen LogP contribution in [0.5, 0.6) is 5.75 Å². The molecule has 4 rings (SSSR count). The fourth-order valence-electron chi connectivity index (χ4n) is 3.69. The van der Waals surface area contributed by atoms with Gasteiger partial charge in [-0.05, 0) is 31.0 Å². The Morgan fingerprint density at radius 2 is 1.83 bits per heavy atom. The number of hydrogen-bond acceptors (Lipinski definition) is 4. The minimum atomic E-state index is -4.66. The van der Waals surface area contributed by atoms with Gasteiger partial charge >= 0.3 is 6.18 Å². The van der Waals surface area contributed by atoms with E-state index in [2.05, 4.69) is 10.1 Å². The van der Waals surface area contributed by atoms with Crippen molar-refractivity contribution in [3.63, 3.8) is 0 Å². The van der Waals surface area contributed by atoms with Crippen LogP contribution in [-0.2, 0) is 6.18 Å². The summed E-state index contributed by atoms with van der Waals surface area (Å²) in [4.78, 5) is 19.1. The summed E-state index contributed by atoms with van der Waals surface area (Å²) in [7, 11) is 1.48. The minimum absolute atomic E-state index is 0.0761. The number of likely N-dealkylation sites (tertiary alicyclic amines) is 1. The molecule has 2 aromatic heterocycles. The second kappa shape index (κ2) is 7.97. The number of rotatable bonds is 3. The van der Waals surface area contributed by atoms with E-state index in [0.717, 1.165) is 31.7 Å². The molecular formula is C21H21F3N4O2. The number of alkyl halides is 3. The van der Waals surface area contributed by atoms with Crippen molar-refractivity contribution in [3.05, 3.63) is 47.8 Å². The molecule has 0 radical (unpaired) electrons. The van der Waals surface area contributed by atoms with Gasteiger partial charge in [0.15, 0.2) is 11.3 Å². The summed E-state index contributed by atoms with van der Waals surface area (Å²) in [6.45, 7) is 1.16. The van der Waals surface area contributed by atoms with Crippen molar-refractivity contribution in [2.24, 2.45) is 0 Å². The Morgan fingerprint density at radius 3 is 2.50 bits per heavy atom. The molecule has 0 saturated carbocycles. The molecule has 0 spiro atoms. The number of methoxy groups -OCH3 is 1. The van der Waals surface area contributed by atoms with E-state index in [1.165, 1.54) is 13.3 Å². The lowest BCUT2D eigenvalue weighted by Crippen LogP contribution is -2.31. The zero-order chi connectivity index (χ0) is 21.3. The van der Waals surface area contributed by atoms with E-state index >= 15 is 0 Å². The van der Waals surface area contributed by atoms with Crippen molar-refractivity contribution >= 4 is 11.6 Å². The molecule has 3 heterocycles. The highest BCUT2D eigenvalue weighted by molar-refractivity contribution is 6.00. The van der Waals surface area contributed by atoms with Crippen LogP contribution in [0.15, 0.2) is 36.5 Å². The minimum Gasteiger partial charge on any atom is -0.497 e. The third kappa shape index (κ3) is 3.83. The van der Waals surface area contributed by atoms with E-state index in [9.17, 15) is 18.0 Å². The molecule has 1 aliphatic heterocycles. The number of ether oxygens (including phenoxy) is 1. The number of nitrogens with zero attached hydrogens (tertiary/aromatic N) is 4. The molecule has 1 aliphatic rings. The first-order valence-corrected chi connectivity index (χ1v) is 9.78. The third-order valence-corrected chi connectivity index (χ3v) is 5.25. The van der Waals surface area contributed by atoms with Crippen LogP contribution in [0.4, 0.5) is 13.2 Å². The van der Waals surface area contributed by atoms with Crippen LogP contribution in [0, 0.1) is 0 Å². The summed E-state index contributed by atoms with van der Waals surface area (Å²) in [6, 6.07) is 7.56. The Morgan fingerprint density at radius 1 is 1.10 bits per heavy atom. The molecule has 1 saturated heterocycles. The summed E-state index contributed by atoms with van der Waals surface area (Å²) < 4.78 is 47.2. The first-order chi connectivity index (χ1) is 14.4. The molecule has 0 aliphatic carbocycles. The summed E-state index contributed by atoms with van der Waals surface area (Å²) in [5, 5.41) is 3.85. The number of carbonyl (C=O) groups is 1. The quantitative estimate of drug-likeness (QED) is 0.631. The highest BCUT2D eigenvalue weighted by Crippen LogP contribution is 2.33. The average molecular weight is 418 g/mol. The Labute approximate surface area is 171 Å². The Hall–Kier alpha value is -3.10. The van der Waals surface area contributed by atoms with Crippen molar-refractivity contribution in [1.29, 1.82) is 0 Å². The lowest BCUT2D eigenvalue weighted by Gasteiger charge is -2.19. The fourth-order valence-corrected chi connectivity index (χ4v) is 3.69. The number of amides is 1. The van der Waals surface area contributed by atoms with Gasteiger partial charge in [-0.3, -0.25) is 4.79 Å². The maximum atomic E-state index is 13.8. The predicted molar refractivity (Wildman–Crippen MR) is 104 cm³/mol. The molecule has 0 atom stereocenters. The molecule has 0 N–H and O–H groups in total. The zero-order valence-electron chi connectivity index (χ0n) is 16.4. The van der Waals surface area contributed by atoms with E-state index in [0.29, 0.717) is 28.9 Å². The summed E-state index contributed by atoms with van der Waals surface area (Å²) in [6.07, 6.45) is 0.344. The fraction of sp³-hybridized carbons (Fsp3) is 0.381. The number of benzene rings is 1. The topological polar surface area (TPSA) is 59.7 Å². The van der Waals surface area contributed by atoms with E-state index in [4.69, 9.17) is 4.74 Å². The molecule has 1 fully saturated rings. The molecule has 9 heteroatoms. The van der Waals surface area contributed by atoms with Crippen LogP contribution in [-0.4, -0.2) is 45.6 Å². The largest absolute Gasteiger partial charge is 0.497 e. The van der Waals surface area contributed by atoms with Crippen LogP contribution < -0.4 is 4.74 Å². The van der Waals surface area contributed by atoms with Crippen LogP contribution in [0.3, 0.4) is 0 Å². The van der Waals surface area contributed by atoms with Gasteiger partial charge in [0, 0.05) is 18.7 Å². The van der Waals surface area contributed by atoms with Gasteiger partial charge in [-0.25, -0.2) is 9.50 Å². The Kier molecular flexibility index (Phi) is 5.36. The number of hydrogen-bond donors (Lipinski definition) is 0. The normalized spacial score (nSPS) is 15.3. The van der Waals surface area contributed by atoms with E-state index in [1.807, 2.05) is 0 Å². The SMILES string of the molecule is COc1cccc(-c2cc(C(F)(F)F)n3ncc(C(=O)N4CCCCCC4)c3n2)c1. The summed E-state index contributed by atoms with van der Waals surface area (Å²) in [5.74, 6) is 0.160. The van der Waals surface area contributed by atoms with Crippen LogP contribution in [0.25, 0.3) is 16.9 Å². The van der Waals surface area contributed by atoms with Crippen molar-refractivity contribution in [1.82, 2.24) is 19.5 Å². The van der Waals surface area contributed by atoms with E-state index < -0.39 is 11.9 Å². The van der Waals surface area contributed by atoms with Crippen molar-refractivity contribution in [3.8, 4) is 17.0 Å². The predicted octanol–water partition coefficient (Wildman–Crippen LogP) is 4.44. The molecule has 1 aromatic carbocycles. The summed E-state index contributed by atoms with van der Waals surface area (Å²) in [5.41, 5.74) is -0.458. The van der Waals surface area contributed by atoms with Crippen LogP contribution in [0.1, 0.15) is 41.7 Å². The summed E-state index contributed by atoms with van der Waals surface area (Å²) >= 11 is 0. The highest BCUT2D eigenvalue weighted by Gasteiger charge is 2.36. The van der Waals surface area contributed by atoms with E-state index in [-0.39, 0.29) is 22.8 Å². The van der Waals surface area contributed by atoms with Crippen molar-refractivity contribution in [2.75, 3.05) is 20.2 Å². The second-order valence-corrected chi connectivity index (χ2v) is 7.26. The molecular weight excluding hydrogens is 397 g/mol. The van der Waals surface area contributed by atoms with Gasteiger partial charge in [-0.1, -0.05) is 25.0 Å². The molecule has 3 aromatic rings. The Balaban J connectivity index is 1.86. The van der Waals surface area contributed by atoms with Gasteiger partial charge in [-0.2, -0.15) is 18.3 Å². The molecule has 6 nitrogen and oxygen atoms in total. The maximum Gasteiger partial charge on any atom is 0.433 e. The lowest BCUT2D eigenvalue weighted by molar-refractivity contribution is -0.142. The smallest absolute Gasteiger partial charge is 0.433 e. The monoisotopic (exact) mass is 418 g/mol. The molecule has 0 bridgehead atoms. The highest BCUT2D eigenvalue weighted by atomic mass is 19.4. The number of carbonyl (C=O) groups excluding carboxylic acids is 1. The number of halogens is 3. The second-order valence-electron chi connectivity index (χ2n) is 7.26. The third-order valence-electron chi connectivity index (χ3n) is 5.25. The van der Waals surface area contributed by atoms with Gasteiger partial charge in [0.1, 0.15) is 11.3 Å². The van der Waals surface area contributed by atoms with Crippen LogP contribution >= 0.6 is 0 Å². The molecule has 30 heavy (non-hydrogen) atoms. The number of aromatic nitrogens is 3. The first kappa shape index (κ1) is 20.2. The van der Waals surface area contributed by atoms with Crippen molar-refractivity contribution in [2.45, 2.75) is 31.9 Å². The zero-order valence-corrected chi connectivity index (χ0v) is 16.4. The van der Waals surface area contributed by atoms with Gasteiger partial charge in [0.25, 0.3) is 5.91 Å². The van der Waals surface area contributed by atoms with Crippen molar-refractivity contribution < 1.29 is 22.7 Å². The number of fused-ring (bicyclic) bond motifs is 1. The van der Waals surface area contributed by atoms with Gasteiger partial charge in [0.05, 0.1) is 19.0 Å². The average Bonchev–Trinajstić information content (AvgIpc) is 2.97. The molecule has 1 amide bonds.